The predicted octanol–water partition coefficient (Wildman–Crippen LogP) is 2.25. The van der Waals surface area contributed by atoms with Crippen molar-refractivity contribution in [2.45, 2.75) is 82.9 Å². The van der Waals surface area contributed by atoms with Crippen LogP contribution in [0.4, 0.5) is 0 Å². The molecule has 0 aromatic rings. The molecule has 0 aromatic heterocycles. The van der Waals surface area contributed by atoms with Crippen molar-refractivity contribution in [1.29, 1.82) is 0 Å². The average molecular weight is 521 g/mol. The van der Waals surface area contributed by atoms with Gasteiger partial charge in [-0.1, -0.05) is 19.3 Å². The van der Waals surface area contributed by atoms with Crippen LogP contribution in [0.25, 0.3) is 0 Å². The number of amides is 1. The SMILES string of the molecule is CCNC(=NCC1(N2CCOC(C)(C)C2)CCCCC1)NC1CCC(=O)NC1.I. The zero-order valence-corrected chi connectivity index (χ0v) is 20.7. The van der Waals surface area contributed by atoms with E-state index in [1.807, 2.05) is 0 Å². The molecule has 3 N–H and O–H groups in total. The molecular formula is C21H40IN5O2. The lowest BCUT2D eigenvalue weighted by Crippen LogP contribution is -2.61. The Morgan fingerprint density at radius 3 is 2.69 bits per heavy atom. The van der Waals surface area contributed by atoms with E-state index in [2.05, 4.69) is 41.6 Å². The number of aliphatic imine (C=N–C) groups is 1. The van der Waals surface area contributed by atoms with E-state index in [9.17, 15) is 4.79 Å². The van der Waals surface area contributed by atoms with Crippen molar-refractivity contribution in [2.75, 3.05) is 39.3 Å². The molecule has 3 rings (SSSR count). The number of morpholine rings is 1. The second kappa shape index (κ2) is 11.1. The molecule has 0 radical (unpaired) electrons. The molecule has 2 saturated heterocycles. The summed E-state index contributed by atoms with van der Waals surface area (Å²) in [5.74, 6) is 1.03. The smallest absolute Gasteiger partial charge is 0.220 e. The first-order valence-electron chi connectivity index (χ1n) is 11.1. The first kappa shape index (κ1) is 24.7. The fourth-order valence-corrected chi connectivity index (χ4v) is 4.80. The summed E-state index contributed by atoms with van der Waals surface area (Å²) >= 11 is 0. The third-order valence-electron chi connectivity index (χ3n) is 6.36. The third kappa shape index (κ3) is 6.95. The molecule has 7 nitrogen and oxygen atoms in total. The van der Waals surface area contributed by atoms with Crippen LogP contribution in [0.3, 0.4) is 0 Å². The lowest BCUT2D eigenvalue weighted by Gasteiger charge is -2.51. The highest BCUT2D eigenvalue weighted by Crippen LogP contribution is 2.36. The van der Waals surface area contributed by atoms with E-state index in [4.69, 9.17) is 9.73 Å². The number of ether oxygens (including phenoxy) is 1. The number of guanidine groups is 1. The van der Waals surface area contributed by atoms with E-state index in [1.54, 1.807) is 0 Å². The molecular weight excluding hydrogens is 481 g/mol. The Morgan fingerprint density at radius 2 is 2.07 bits per heavy atom. The second-order valence-corrected chi connectivity index (χ2v) is 9.19. The van der Waals surface area contributed by atoms with Crippen molar-refractivity contribution in [3.8, 4) is 0 Å². The Bertz CT molecular complexity index is 553. The molecule has 8 heteroatoms. The van der Waals surface area contributed by atoms with Gasteiger partial charge in [0.1, 0.15) is 0 Å². The molecule has 0 bridgehead atoms. The van der Waals surface area contributed by atoms with Gasteiger partial charge in [-0.2, -0.15) is 0 Å². The highest BCUT2D eigenvalue weighted by atomic mass is 127. The molecule has 168 valence electrons. The number of halogens is 1. The van der Waals surface area contributed by atoms with Crippen LogP contribution in [0.5, 0.6) is 0 Å². The van der Waals surface area contributed by atoms with Gasteiger partial charge in [-0.25, -0.2) is 0 Å². The molecule has 0 spiro atoms. The summed E-state index contributed by atoms with van der Waals surface area (Å²) in [6.45, 7) is 11.6. The van der Waals surface area contributed by atoms with Crippen molar-refractivity contribution < 1.29 is 9.53 Å². The number of hydrogen-bond acceptors (Lipinski definition) is 4. The third-order valence-corrected chi connectivity index (χ3v) is 6.36. The number of carbonyl (C=O) groups excluding carboxylic acids is 1. The molecule has 1 unspecified atom stereocenters. The molecule has 1 saturated carbocycles. The Morgan fingerprint density at radius 1 is 1.31 bits per heavy atom. The summed E-state index contributed by atoms with van der Waals surface area (Å²) in [5.41, 5.74) is 0.0535. The first-order chi connectivity index (χ1) is 13.4. The number of rotatable bonds is 5. The summed E-state index contributed by atoms with van der Waals surface area (Å²) in [5, 5.41) is 9.88. The van der Waals surface area contributed by atoms with Crippen LogP contribution >= 0.6 is 24.0 Å². The van der Waals surface area contributed by atoms with Crippen LogP contribution in [0.2, 0.25) is 0 Å². The quantitative estimate of drug-likeness (QED) is 0.294. The molecule has 29 heavy (non-hydrogen) atoms. The number of nitrogens with one attached hydrogen (secondary N) is 3. The highest BCUT2D eigenvalue weighted by molar-refractivity contribution is 14.0. The number of nitrogens with zero attached hydrogens (tertiary/aromatic N) is 2. The fraction of sp³-hybridized carbons (Fsp3) is 0.905. The van der Waals surface area contributed by atoms with Crippen LogP contribution in [0.15, 0.2) is 4.99 Å². The van der Waals surface area contributed by atoms with Gasteiger partial charge in [-0.05, 0) is 40.0 Å². The van der Waals surface area contributed by atoms with Gasteiger partial charge in [0.05, 0.1) is 18.8 Å². The van der Waals surface area contributed by atoms with Crippen molar-refractivity contribution in [1.82, 2.24) is 20.9 Å². The largest absolute Gasteiger partial charge is 0.373 e. The Hall–Kier alpha value is -0.610. The van der Waals surface area contributed by atoms with Gasteiger partial charge in [-0.15, -0.1) is 24.0 Å². The van der Waals surface area contributed by atoms with Gasteiger partial charge in [0.25, 0.3) is 0 Å². The van der Waals surface area contributed by atoms with E-state index >= 15 is 0 Å². The zero-order chi connectivity index (χ0) is 20.0. The monoisotopic (exact) mass is 521 g/mol. The van der Waals surface area contributed by atoms with E-state index in [-0.39, 0.29) is 47.1 Å². The van der Waals surface area contributed by atoms with Gasteiger partial charge < -0.3 is 20.7 Å². The minimum atomic E-state index is -0.0878. The van der Waals surface area contributed by atoms with Crippen molar-refractivity contribution >= 4 is 35.8 Å². The van der Waals surface area contributed by atoms with Crippen molar-refractivity contribution in [2.24, 2.45) is 4.99 Å². The fourth-order valence-electron chi connectivity index (χ4n) is 4.80. The van der Waals surface area contributed by atoms with Gasteiger partial charge in [0.2, 0.25) is 5.91 Å². The van der Waals surface area contributed by atoms with Gasteiger partial charge in [0.15, 0.2) is 5.96 Å². The molecule has 1 amide bonds. The predicted molar refractivity (Wildman–Crippen MR) is 128 cm³/mol. The standard InChI is InChI=1S/C21H39N5O2.HI/c1-4-22-19(25-17-8-9-18(27)23-14-17)24-15-21(10-6-5-7-11-21)26-12-13-28-20(2,3)16-26;/h17H,4-16H2,1-3H3,(H,23,27)(H2,22,24,25);1H. The summed E-state index contributed by atoms with van der Waals surface area (Å²) < 4.78 is 5.97. The van der Waals surface area contributed by atoms with Crippen molar-refractivity contribution in [3.05, 3.63) is 0 Å². The summed E-state index contributed by atoms with van der Waals surface area (Å²) in [4.78, 5) is 19.1. The van der Waals surface area contributed by atoms with E-state index in [0.717, 1.165) is 45.2 Å². The molecule has 2 aliphatic heterocycles. The van der Waals surface area contributed by atoms with Crippen LogP contribution < -0.4 is 16.0 Å². The van der Waals surface area contributed by atoms with Crippen LogP contribution in [-0.2, 0) is 9.53 Å². The van der Waals surface area contributed by atoms with Gasteiger partial charge in [-0.3, -0.25) is 14.7 Å². The molecule has 1 atom stereocenters. The summed E-state index contributed by atoms with van der Waals surface area (Å²) in [7, 11) is 0. The van der Waals surface area contributed by atoms with E-state index < -0.39 is 0 Å². The summed E-state index contributed by atoms with van der Waals surface area (Å²) in [6.07, 6.45) is 7.77. The van der Waals surface area contributed by atoms with E-state index in [0.29, 0.717) is 13.0 Å². The lowest BCUT2D eigenvalue weighted by atomic mass is 9.79. The molecule has 3 fully saturated rings. The lowest BCUT2D eigenvalue weighted by molar-refractivity contribution is -0.122. The highest BCUT2D eigenvalue weighted by Gasteiger charge is 2.42. The minimum Gasteiger partial charge on any atom is -0.373 e. The van der Waals surface area contributed by atoms with Crippen LogP contribution in [0.1, 0.15) is 65.7 Å². The molecule has 3 aliphatic rings. The normalized spacial score (nSPS) is 27.5. The first-order valence-corrected chi connectivity index (χ1v) is 11.1. The minimum absolute atomic E-state index is 0. The number of hydrogen-bond donors (Lipinski definition) is 3. The van der Waals surface area contributed by atoms with Gasteiger partial charge >= 0.3 is 0 Å². The van der Waals surface area contributed by atoms with E-state index in [1.165, 1.54) is 32.1 Å². The maximum atomic E-state index is 11.4. The van der Waals surface area contributed by atoms with Crippen molar-refractivity contribution in [3.63, 3.8) is 0 Å². The Kier molecular flexibility index (Phi) is 9.47. The topological polar surface area (TPSA) is 78.0 Å². The average Bonchev–Trinajstić information content (AvgIpc) is 2.68. The maximum Gasteiger partial charge on any atom is 0.220 e. The summed E-state index contributed by atoms with van der Waals surface area (Å²) in [6, 6.07) is 0.250. The zero-order valence-electron chi connectivity index (χ0n) is 18.4. The number of piperidine rings is 1. The van der Waals surface area contributed by atoms with Crippen LogP contribution in [0, 0.1) is 0 Å². The Balaban J connectivity index is 0.00000300. The second-order valence-electron chi connectivity index (χ2n) is 9.19. The molecule has 0 aromatic carbocycles. The molecule has 2 heterocycles. The van der Waals surface area contributed by atoms with Gasteiger partial charge in [0, 0.05) is 44.2 Å². The number of carbonyl (C=O) groups is 1. The van der Waals surface area contributed by atoms with Crippen LogP contribution in [-0.4, -0.2) is 73.3 Å². The maximum absolute atomic E-state index is 11.4. The Labute approximate surface area is 193 Å². The molecule has 1 aliphatic carbocycles.